The molecule has 0 aliphatic carbocycles. The molecule has 0 aliphatic rings. The van der Waals surface area contributed by atoms with Crippen LogP contribution < -0.4 is 10.1 Å². The third kappa shape index (κ3) is 4.52. The molecular weight excluding hydrogens is 258 g/mol. The van der Waals surface area contributed by atoms with E-state index in [2.05, 4.69) is 63.3 Å². The van der Waals surface area contributed by atoms with Gasteiger partial charge in [-0.05, 0) is 57.0 Å². The molecule has 1 atom stereocenters. The fourth-order valence-electron chi connectivity index (χ4n) is 2.46. The van der Waals surface area contributed by atoms with Crippen LogP contribution in [0, 0.1) is 13.8 Å². The van der Waals surface area contributed by atoms with Crippen LogP contribution in [-0.2, 0) is 0 Å². The van der Waals surface area contributed by atoms with Gasteiger partial charge in [0.15, 0.2) is 0 Å². The summed E-state index contributed by atoms with van der Waals surface area (Å²) < 4.78 is 5.60. The Bertz CT molecular complexity index is 554. The van der Waals surface area contributed by atoms with E-state index in [0.717, 1.165) is 24.5 Å². The number of nitrogens with one attached hydrogen (secondary N) is 1. The molecule has 0 fully saturated rings. The molecule has 2 rings (SSSR count). The van der Waals surface area contributed by atoms with E-state index in [0.29, 0.717) is 0 Å². The minimum atomic E-state index is 0.283. The average molecular weight is 283 g/mol. The van der Waals surface area contributed by atoms with Gasteiger partial charge in [0.25, 0.3) is 0 Å². The van der Waals surface area contributed by atoms with Crippen molar-refractivity contribution < 1.29 is 4.74 Å². The molecule has 0 saturated heterocycles. The van der Waals surface area contributed by atoms with Crippen LogP contribution in [0.15, 0.2) is 42.5 Å². The Balaban J connectivity index is 2.03. The first-order valence-corrected chi connectivity index (χ1v) is 7.66. The quantitative estimate of drug-likeness (QED) is 0.780. The zero-order valence-electron chi connectivity index (χ0n) is 13.4. The van der Waals surface area contributed by atoms with E-state index in [-0.39, 0.29) is 6.04 Å². The van der Waals surface area contributed by atoms with Crippen molar-refractivity contribution in [2.45, 2.75) is 40.2 Å². The van der Waals surface area contributed by atoms with Crippen molar-refractivity contribution >= 4 is 5.69 Å². The van der Waals surface area contributed by atoms with E-state index < -0.39 is 0 Å². The lowest BCUT2D eigenvalue weighted by molar-refractivity contribution is 0.317. The van der Waals surface area contributed by atoms with Gasteiger partial charge < -0.3 is 10.1 Å². The van der Waals surface area contributed by atoms with E-state index in [9.17, 15) is 0 Å². The molecule has 21 heavy (non-hydrogen) atoms. The fraction of sp³-hybridized carbons (Fsp3) is 0.368. The molecule has 2 nitrogen and oxygen atoms in total. The molecule has 0 spiro atoms. The smallest absolute Gasteiger partial charge is 0.119 e. The Hall–Kier alpha value is -1.96. The van der Waals surface area contributed by atoms with Gasteiger partial charge in [0.2, 0.25) is 0 Å². The number of anilines is 1. The van der Waals surface area contributed by atoms with E-state index in [1.807, 2.05) is 12.1 Å². The summed E-state index contributed by atoms with van der Waals surface area (Å²) in [5.41, 5.74) is 5.05. The zero-order valence-corrected chi connectivity index (χ0v) is 13.4. The van der Waals surface area contributed by atoms with Crippen molar-refractivity contribution in [1.29, 1.82) is 0 Å². The first kappa shape index (κ1) is 15.4. The Morgan fingerprint density at radius 2 is 1.62 bits per heavy atom. The molecule has 1 unspecified atom stereocenters. The first-order chi connectivity index (χ1) is 10.1. The summed E-state index contributed by atoms with van der Waals surface area (Å²) >= 11 is 0. The maximum absolute atomic E-state index is 5.60. The molecule has 112 valence electrons. The van der Waals surface area contributed by atoms with E-state index in [1.54, 1.807) is 0 Å². The van der Waals surface area contributed by atoms with Gasteiger partial charge in [0.1, 0.15) is 5.75 Å². The molecule has 2 aromatic carbocycles. The van der Waals surface area contributed by atoms with Crippen molar-refractivity contribution in [2.75, 3.05) is 11.9 Å². The minimum Gasteiger partial charge on any atom is -0.494 e. The highest BCUT2D eigenvalue weighted by Gasteiger charge is 2.06. The van der Waals surface area contributed by atoms with Crippen molar-refractivity contribution in [1.82, 2.24) is 0 Å². The highest BCUT2D eigenvalue weighted by atomic mass is 16.5. The summed E-state index contributed by atoms with van der Waals surface area (Å²) in [7, 11) is 0. The van der Waals surface area contributed by atoms with Crippen LogP contribution in [0.2, 0.25) is 0 Å². The van der Waals surface area contributed by atoms with Gasteiger partial charge >= 0.3 is 0 Å². The summed E-state index contributed by atoms with van der Waals surface area (Å²) in [5, 5.41) is 3.54. The van der Waals surface area contributed by atoms with Gasteiger partial charge in [-0.2, -0.15) is 0 Å². The number of ether oxygens (including phenoxy) is 1. The summed E-state index contributed by atoms with van der Waals surface area (Å²) in [4.78, 5) is 0. The largest absolute Gasteiger partial charge is 0.494 e. The summed E-state index contributed by atoms with van der Waals surface area (Å²) in [6, 6.07) is 15.2. The van der Waals surface area contributed by atoms with Crippen LogP contribution in [0.3, 0.4) is 0 Å². The number of rotatable bonds is 6. The standard InChI is InChI=1S/C19H25NO/c1-5-10-21-19-8-6-18(7-9-19)20-16(4)17-12-14(2)11-15(3)13-17/h6-9,11-13,16,20H,5,10H2,1-4H3. The maximum atomic E-state index is 5.60. The van der Waals surface area contributed by atoms with Crippen LogP contribution in [0.1, 0.15) is 43.0 Å². The van der Waals surface area contributed by atoms with Crippen molar-refractivity contribution in [3.63, 3.8) is 0 Å². The zero-order chi connectivity index (χ0) is 15.2. The average Bonchev–Trinajstić information content (AvgIpc) is 2.45. The molecule has 0 radical (unpaired) electrons. The number of aryl methyl sites for hydroxylation is 2. The maximum Gasteiger partial charge on any atom is 0.119 e. The van der Waals surface area contributed by atoms with Crippen molar-refractivity contribution in [3.8, 4) is 5.75 Å². The van der Waals surface area contributed by atoms with Gasteiger partial charge in [-0.15, -0.1) is 0 Å². The predicted octanol–water partition coefficient (Wildman–Crippen LogP) is 5.27. The van der Waals surface area contributed by atoms with Crippen LogP contribution in [-0.4, -0.2) is 6.61 Å². The van der Waals surface area contributed by atoms with Crippen LogP contribution in [0.4, 0.5) is 5.69 Å². The summed E-state index contributed by atoms with van der Waals surface area (Å²) in [5.74, 6) is 0.932. The van der Waals surface area contributed by atoms with Gasteiger partial charge in [-0.25, -0.2) is 0 Å². The third-order valence-electron chi connectivity index (χ3n) is 3.45. The van der Waals surface area contributed by atoms with Gasteiger partial charge in [0.05, 0.1) is 6.61 Å². The summed E-state index contributed by atoms with van der Waals surface area (Å²) in [6.07, 6.45) is 1.03. The molecule has 0 saturated carbocycles. The van der Waals surface area contributed by atoms with E-state index >= 15 is 0 Å². The monoisotopic (exact) mass is 283 g/mol. The van der Waals surface area contributed by atoms with Gasteiger partial charge in [-0.3, -0.25) is 0 Å². The molecule has 0 bridgehead atoms. The third-order valence-corrected chi connectivity index (χ3v) is 3.45. The second-order valence-corrected chi connectivity index (χ2v) is 5.66. The molecule has 0 aromatic heterocycles. The van der Waals surface area contributed by atoms with Gasteiger partial charge in [0, 0.05) is 11.7 Å². The lowest BCUT2D eigenvalue weighted by Crippen LogP contribution is -2.07. The molecule has 2 heteroatoms. The number of benzene rings is 2. The van der Waals surface area contributed by atoms with Crippen LogP contribution in [0.25, 0.3) is 0 Å². The molecule has 0 heterocycles. The minimum absolute atomic E-state index is 0.283. The summed E-state index contributed by atoms with van der Waals surface area (Å²) in [6.45, 7) is 9.36. The second-order valence-electron chi connectivity index (χ2n) is 5.66. The molecule has 0 amide bonds. The van der Waals surface area contributed by atoms with Crippen LogP contribution in [0.5, 0.6) is 5.75 Å². The highest BCUT2D eigenvalue weighted by molar-refractivity contribution is 5.48. The van der Waals surface area contributed by atoms with E-state index in [1.165, 1.54) is 16.7 Å². The van der Waals surface area contributed by atoms with Crippen molar-refractivity contribution in [3.05, 3.63) is 59.2 Å². The van der Waals surface area contributed by atoms with E-state index in [4.69, 9.17) is 4.74 Å². The fourth-order valence-corrected chi connectivity index (χ4v) is 2.46. The highest BCUT2D eigenvalue weighted by Crippen LogP contribution is 2.23. The topological polar surface area (TPSA) is 21.3 Å². The number of hydrogen-bond donors (Lipinski definition) is 1. The Labute approximate surface area is 128 Å². The lowest BCUT2D eigenvalue weighted by Gasteiger charge is -2.17. The Kier molecular flexibility index (Phi) is 5.26. The van der Waals surface area contributed by atoms with Crippen LogP contribution >= 0.6 is 0 Å². The van der Waals surface area contributed by atoms with Crippen molar-refractivity contribution in [2.24, 2.45) is 0 Å². The SMILES string of the molecule is CCCOc1ccc(NC(C)c2cc(C)cc(C)c2)cc1. The Morgan fingerprint density at radius 3 is 2.19 bits per heavy atom. The Morgan fingerprint density at radius 1 is 1.00 bits per heavy atom. The second kappa shape index (κ2) is 7.16. The lowest BCUT2D eigenvalue weighted by atomic mass is 10.0. The molecular formula is C19H25NO. The molecule has 2 aromatic rings. The molecule has 1 N–H and O–H groups in total. The first-order valence-electron chi connectivity index (χ1n) is 7.66. The molecule has 0 aliphatic heterocycles. The van der Waals surface area contributed by atoms with Gasteiger partial charge in [-0.1, -0.05) is 36.2 Å². The normalized spacial score (nSPS) is 12.0. The predicted molar refractivity (Wildman–Crippen MR) is 90.2 cm³/mol. The number of hydrogen-bond acceptors (Lipinski definition) is 2.